The van der Waals surface area contributed by atoms with Gasteiger partial charge in [-0.2, -0.15) is 0 Å². The van der Waals surface area contributed by atoms with E-state index in [0.29, 0.717) is 58.4 Å². The van der Waals surface area contributed by atoms with E-state index in [1.807, 2.05) is 60.7 Å². The minimum atomic E-state index is -4.12. The van der Waals surface area contributed by atoms with Gasteiger partial charge >= 0.3 is 0 Å². The van der Waals surface area contributed by atoms with Crippen molar-refractivity contribution in [3.05, 3.63) is 176 Å². The maximum atomic E-state index is 13.7. The largest absolute Gasteiger partial charge is 0.496 e. The summed E-state index contributed by atoms with van der Waals surface area (Å²) in [7, 11) is -4.87. The van der Waals surface area contributed by atoms with Gasteiger partial charge in [0.25, 0.3) is 23.6 Å². The van der Waals surface area contributed by atoms with Gasteiger partial charge in [0.2, 0.25) is 19.7 Å². The maximum Gasteiger partial charge on any atom is 0.263 e. The zero-order valence-corrected chi connectivity index (χ0v) is 40.3. The molecular weight excluding hydrogens is 929 g/mol. The van der Waals surface area contributed by atoms with Crippen molar-refractivity contribution in [3.63, 3.8) is 0 Å². The molecule has 6 aromatic rings. The summed E-state index contributed by atoms with van der Waals surface area (Å²) in [6.45, 7) is 2.49. The van der Waals surface area contributed by atoms with Crippen LogP contribution in [-0.4, -0.2) is 80.9 Å². The highest BCUT2D eigenvalue weighted by Gasteiger charge is 2.36. The second-order valence-electron chi connectivity index (χ2n) is 16.6. The highest BCUT2D eigenvalue weighted by Crippen LogP contribution is 2.38. The molecule has 6 aromatic carbocycles. The lowest BCUT2D eigenvalue weighted by atomic mass is 9.96. The van der Waals surface area contributed by atoms with Crippen LogP contribution >= 0.6 is 0 Å². The topological polar surface area (TPSA) is 203 Å². The van der Waals surface area contributed by atoms with Gasteiger partial charge in [0.05, 0.1) is 24.0 Å². The standard InChI is InChI=1S/C54H50N4O10S2/c1-34-10-6-12-42-33-48(70(65,66)50(34)42)54(62)58-29-9-27-56-52(60)39-24-20-37(21-25-39)44-14-7-11-41(49(44)68-3)30-35-16-17-40-32-47(69(63,64)46(40)31-35)53(61)57-28-8-26-55-51(59)38-22-18-36(19-23-38)43-13-4-5-15-45(43)67-2/h4-7,10-25,31-33H,8-9,26-30H2,1-3H3,(H,55,59)(H,56,60)(H,57,61)(H,58,62). The van der Waals surface area contributed by atoms with Gasteiger partial charge in [-0.25, -0.2) is 16.8 Å². The molecule has 4 amide bonds. The summed E-state index contributed by atoms with van der Waals surface area (Å²) >= 11 is 0. The Kier molecular flexibility index (Phi) is 14.5. The molecule has 0 bridgehead atoms. The van der Waals surface area contributed by atoms with Crippen LogP contribution in [0.5, 0.6) is 11.5 Å². The first kappa shape index (κ1) is 48.6. The SMILES string of the molecule is COc1ccccc1-c1ccc(C(=O)NCCCNC(=O)C2=Cc3ccc(Cc4cccc(-c5ccc(C(=O)NCCCNC(=O)C6=Cc7cccc(C)c7S6(=O)=O)cc5)c4OC)cc3S2(=O)=O)cc1. The molecule has 0 saturated carbocycles. The Labute approximate surface area is 406 Å². The first-order valence-electron chi connectivity index (χ1n) is 22.5. The highest BCUT2D eigenvalue weighted by atomic mass is 32.2. The molecule has 0 saturated heterocycles. The number of fused-ring (bicyclic) bond motifs is 2. The van der Waals surface area contributed by atoms with Gasteiger partial charge in [0.1, 0.15) is 21.3 Å². The molecule has 358 valence electrons. The first-order chi connectivity index (χ1) is 33.7. The van der Waals surface area contributed by atoms with E-state index >= 15 is 0 Å². The Morgan fingerprint density at radius 3 is 1.63 bits per heavy atom. The third kappa shape index (κ3) is 10.1. The van der Waals surface area contributed by atoms with Crippen molar-refractivity contribution < 1.29 is 45.5 Å². The van der Waals surface area contributed by atoms with Gasteiger partial charge in [-0.3, -0.25) is 19.2 Å². The summed E-state index contributed by atoms with van der Waals surface area (Å²) in [6, 6.07) is 37.5. The van der Waals surface area contributed by atoms with Gasteiger partial charge < -0.3 is 30.7 Å². The highest BCUT2D eigenvalue weighted by molar-refractivity contribution is 7.97. The van der Waals surface area contributed by atoms with Crippen LogP contribution in [0.1, 0.15) is 61.4 Å². The molecule has 8 rings (SSSR count). The lowest BCUT2D eigenvalue weighted by Gasteiger charge is -2.15. The average molecular weight is 979 g/mol. The molecule has 0 fully saturated rings. The van der Waals surface area contributed by atoms with E-state index in [1.165, 1.54) is 12.2 Å². The van der Waals surface area contributed by atoms with Crippen LogP contribution in [0.25, 0.3) is 34.4 Å². The number of rotatable bonds is 18. The molecule has 2 heterocycles. The molecule has 0 aromatic heterocycles. The van der Waals surface area contributed by atoms with E-state index in [2.05, 4.69) is 21.3 Å². The first-order valence-corrected chi connectivity index (χ1v) is 25.5. The monoisotopic (exact) mass is 978 g/mol. The van der Waals surface area contributed by atoms with Crippen LogP contribution in [-0.2, 0) is 35.7 Å². The predicted molar refractivity (Wildman–Crippen MR) is 268 cm³/mol. The fourth-order valence-electron chi connectivity index (χ4n) is 8.50. The number of para-hydroxylation sites is 2. The van der Waals surface area contributed by atoms with Gasteiger partial charge in [0.15, 0.2) is 0 Å². The number of methoxy groups -OCH3 is 2. The third-order valence-electron chi connectivity index (χ3n) is 12.0. The van der Waals surface area contributed by atoms with Crippen molar-refractivity contribution in [1.82, 2.24) is 21.3 Å². The molecule has 2 aliphatic rings. The second-order valence-corrected chi connectivity index (χ2v) is 20.4. The molecule has 2 aliphatic heterocycles. The number of hydrogen-bond donors (Lipinski definition) is 4. The van der Waals surface area contributed by atoms with Gasteiger partial charge in [0, 0.05) is 54.9 Å². The zero-order valence-electron chi connectivity index (χ0n) is 38.6. The Hall–Kier alpha value is -7.82. The molecule has 4 N–H and O–H groups in total. The smallest absolute Gasteiger partial charge is 0.263 e. The minimum Gasteiger partial charge on any atom is -0.496 e. The Morgan fingerprint density at radius 2 is 1.04 bits per heavy atom. The van der Waals surface area contributed by atoms with Crippen molar-refractivity contribution >= 4 is 55.5 Å². The molecule has 16 heteroatoms. The summed E-state index contributed by atoms with van der Waals surface area (Å²) in [6.07, 6.45) is 3.82. The molecule has 0 atom stereocenters. The fraction of sp³-hybridized carbons (Fsp3) is 0.185. The van der Waals surface area contributed by atoms with Gasteiger partial charge in [-0.1, -0.05) is 91.0 Å². The van der Waals surface area contributed by atoms with Gasteiger partial charge in [-0.05, 0) is 107 Å². The number of amides is 4. The van der Waals surface area contributed by atoms with Crippen LogP contribution in [0, 0.1) is 6.92 Å². The maximum absolute atomic E-state index is 13.7. The van der Waals surface area contributed by atoms with Crippen LogP contribution in [0.15, 0.2) is 147 Å². The van der Waals surface area contributed by atoms with Crippen LogP contribution in [0.2, 0.25) is 0 Å². The molecule has 70 heavy (non-hydrogen) atoms. The lowest BCUT2D eigenvalue weighted by Crippen LogP contribution is -2.31. The quantitative estimate of drug-likeness (QED) is 0.0646. The zero-order chi connectivity index (χ0) is 49.6. The van der Waals surface area contributed by atoms with E-state index in [-0.39, 0.29) is 57.6 Å². The number of carbonyl (C=O) groups is 4. The summed E-state index contributed by atoms with van der Waals surface area (Å²) in [5.41, 5.74) is 7.18. The average Bonchev–Trinajstić information content (AvgIpc) is 3.81. The normalized spacial score (nSPS) is 13.8. The summed E-state index contributed by atoms with van der Waals surface area (Å²) in [5, 5.41) is 11.0. The lowest BCUT2D eigenvalue weighted by molar-refractivity contribution is -0.117. The summed E-state index contributed by atoms with van der Waals surface area (Å²) in [5.74, 6) is -0.713. The van der Waals surface area contributed by atoms with E-state index in [1.54, 1.807) is 87.9 Å². The molecular formula is C54H50N4O10S2. The number of hydrogen-bond acceptors (Lipinski definition) is 10. The molecule has 0 unspecified atom stereocenters. The number of nitrogens with one attached hydrogen (secondary N) is 4. The van der Waals surface area contributed by atoms with Crippen molar-refractivity contribution in [2.45, 2.75) is 36.0 Å². The Bertz CT molecular complexity index is 3330. The minimum absolute atomic E-state index is 0.0338. The second kappa shape index (κ2) is 20.8. The summed E-state index contributed by atoms with van der Waals surface area (Å²) in [4.78, 5) is 51.3. The van der Waals surface area contributed by atoms with Crippen molar-refractivity contribution in [2.75, 3.05) is 40.4 Å². The number of aryl methyl sites for hydroxylation is 1. The van der Waals surface area contributed by atoms with Crippen LogP contribution < -0.4 is 30.7 Å². The van der Waals surface area contributed by atoms with Crippen LogP contribution in [0.4, 0.5) is 0 Å². The number of benzene rings is 6. The van der Waals surface area contributed by atoms with Gasteiger partial charge in [-0.15, -0.1) is 0 Å². The number of carbonyl (C=O) groups excluding carboxylic acids is 4. The number of ether oxygens (including phenoxy) is 2. The van der Waals surface area contributed by atoms with E-state index in [9.17, 15) is 36.0 Å². The third-order valence-corrected chi connectivity index (χ3v) is 15.8. The molecule has 0 radical (unpaired) electrons. The molecule has 0 spiro atoms. The Balaban J connectivity index is 0.805. The van der Waals surface area contributed by atoms with Crippen molar-refractivity contribution in [2.24, 2.45) is 0 Å². The fourth-order valence-corrected chi connectivity index (χ4v) is 11.8. The molecule has 14 nitrogen and oxygen atoms in total. The van der Waals surface area contributed by atoms with Crippen molar-refractivity contribution in [1.29, 1.82) is 0 Å². The van der Waals surface area contributed by atoms with E-state index in [4.69, 9.17) is 9.47 Å². The predicted octanol–water partition coefficient (Wildman–Crippen LogP) is 7.07. The van der Waals surface area contributed by atoms with E-state index in [0.717, 1.165) is 33.6 Å². The Morgan fingerprint density at radius 1 is 0.514 bits per heavy atom. The van der Waals surface area contributed by atoms with E-state index < -0.39 is 31.5 Å². The number of sulfone groups is 2. The molecule has 0 aliphatic carbocycles. The summed E-state index contributed by atoms with van der Waals surface area (Å²) < 4.78 is 64.6. The van der Waals surface area contributed by atoms with Crippen molar-refractivity contribution in [3.8, 4) is 33.8 Å². The van der Waals surface area contributed by atoms with Crippen LogP contribution in [0.3, 0.4) is 0 Å².